The molecule has 0 radical (unpaired) electrons. The average Bonchev–Trinajstić information content (AvgIpc) is 3.01. The van der Waals surface area contributed by atoms with Gasteiger partial charge in [-0.15, -0.1) is 4.83 Å². The maximum atomic E-state index is 12.2. The van der Waals surface area contributed by atoms with Gasteiger partial charge in [-0.25, -0.2) is 8.42 Å². The molecule has 0 unspecified atom stereocenters. The smallest absolute Gasteiger partial charge is 0.266 e. The number of aromatic nitrogens is 1. The summed E-state index contributed by atoms with van der Waals surface area (Å²) in [5.74, 6) is -0.547. The van der Waals surface area contributed by atoms with Gasteiger partial charge in [0.15, 0.2) is 0 Å². The quantitative estimate of drug-likeness (QED) is 0.427. The first-order valence-corrected chi connectivity index (χ1v) is 8.19. The van der Waals surface area contributed by atoms with Crippen molar-refractivity contribution in [1.82, 2.24) is 15.2 Å². The molecule has 0 spiro atoms. The summed E-state index contributed by atoms with van der Waals surface area (Å²) < 4.78 is 24.2. The van der Waals surface area contributed by atoms with Crippen molar-refractivity contribution in [3.63, 3.8) is 0 Å². The number of H-pyrrole nitrogens is 1. The Morgan fingerprint density at radius 3 is 2.52 bits per heavy atom. The third kappa shape index (κ3) is 3.03. The molecule has 23 heavy (non-hydrogen) atoms. The van der Waals surface area contributed by atoms with Crippen molar-refractivity contribution in [2.45, 2.75) is 4.90 Å². The topological polar surface area (TPSA) is 117 Å². The number of hydrogen-bond donors (Lipinski definition) is 4. The number of hydrogen-bond acceptors (Lipinski definition) is 4. The molecule has 3 aromatic rings. The standard InChI is InChI=1S/C15H14N4O3S/c16-10-4-6-11(7-5-10)23(21,22)19-18-15(20)13-2-1-3-14-12(13)8-9-17-14/h1-9,17,19H,16H2,(H,18,20). The summed E-state index contributed by atoms with van der Waals surface area (Å²) >= 11 is 0. The predicted octanol–water partition coefficient (Wildman–Crippen LogP) is 1.37. The molecule has 0 atom stereocenters. The zero-order chi connectivity index (χ0) is 16.4. The van der Waals surface area contributed by atoms with Crippen molar-refractivity contribution in [3.05, 3.63) is 60.3 Å². The number of carbonyl (C=O) groups excluding carboxylic acids is 1. The lowest BCUT2D eigenvalue weighted by Gasteiger charge is -2.09. The summed E-state index contributed by atoms with van der Waals surface area (Å²) in [5, 5.41) is 0.705. The molecule has 0 aliphatic rings. The van der Waals surface area contributed by atoms with E-state index < -0.39 is 15.9 Å². The van der Waals surface area contributed by atoms with E-state index in [2.05, 4.69) is 15.2 Å². The third-order valence-electron chi connectivity index (χ3n) is 3.33. The Morgan fingerprint density at radius 1 is 1.04 bits per heavy atom. The number of hydrazine groups is 1. The van der Waals surface area contributed by atoms with Crippen LogP contribution in [0, 0.1) is 0 Å². The Labute approximate surface area is 132 Å². The Kier molecular flexibility index (Phi) is 3.77. The zero-order valence-electron chi connectivity index (χ0n) is 11.9. The van der Waals surface area contributed by atoms with Gasteiger partial charge in [-0.2, -0.15) is 0 Å². The number of rotatable bonds is 4. The van der Waals surface area contributed by atoms with Crippen molar-refractivity contribution in [2.75, 3.05) is 5.73 Å². The van der Waals surface area contributed by atoms with E-state index in [1.54, 1.807) is 24.4 Å². The molecule has 0 fully saturated rings. The predicted molar refractivity (Wildman–Crippen MR) is 86.9 cm³/mol. The lowest BCUT2D eigenvalue weighted by molar-refractivity contribution is 0.0947. The first kappa shape index (κ1) is 15.1. The van der Waals surface area contributed by atoms with Crippen LogP contribution in [0.5, 0.6) is 0 Å². The molecule has 0 aliphatic carbocycles. The van der Waals surface area contributed by atoms with Crippen LogP contribution in [0.3, 0.4) is 0 Å². The van der Waals surface area contributed by atoms with E-state index in [9.17, 15) is 13.2 Å². The second-order valence-corrected chi connectivity index (χ2v) is 6.56. The number of nitrogens with one attached hydrogen (secondary N) is 3. The second-order valence-electron chi connectivity index (χ2n) is 4.87. The lowest BCUT2D eigenvalue weighted by atomic mass is 10.1. The van der Waals surface area contributed by atoms with Crippen LogP contribution in [0.1, 0.15) is 10.4 Å². The summed E-state index contributed by atoms with van der Waals surface area (Å²) in [6.45, 7) is 0. The fourth-order valence-electron chi connectivity index (χ4n) is 2.17. The van der Waals surface area contributed by atoms with Crippen LogP contribution in [-0.2, 0) is 10.0 Å². The average molecular weight is 330 g/mol. The van der Waals surface area contributed by atoms with Gasteiger partial charge in [-0.1, -0.05) is 6.07 Å². The molecular formula is C15H14N4O3S. The first-order chi connectivity index (χ1) is 11.0. The Bertz CT molecular complexity index is 962. The monoisotopic (exact) mass is 330 g/mol. The maximum Gasteiger partial charge on any atom is 0.266 e. The Balaban J connectivity index is 1.78. The maximum absolute atomic E-state index is 12.2. The molecule has 1 aromatic heterocycles. The molecule has 1 amide bonds. The van der Waals surface area contributed by atoms with E-state index in [-0.39, 0.29) is 4.90 Å². The molecule has 1 heterocycles. The highest BCUT2D eigenvalue weighted by atomic mass is 32.2. The van der Waals surface area contributed by atoms with Crippen LogP contribution in [0.15, 0.2) is 59.6 Å². The van der Waals surface area contributed by atoms with Crippen molar-refractivity contribution in [2.24, 2.45) is 0 Å². The second kappa shape index (κ2) is 5.75. The molecule has 118 valence electrons. The summed E-state index contributed by atoms with van der Waals surface area (Å²) in [6.07, 6.45) is 1.71. The summed E-state index contributed by atoms with van der Waals surface area (Å²) in [7, 11) is -3.87. The van der Waals surface area contributed by atoms with E-state index in [0.29, 0.717) is 16.6 Å². The zero-order valence-corrected chi connectivity index (χ0v) is 12.7. The number of amides is 1. The van der Waals surface area contributed by atoms with Gasteiger partial charge in [0.1, 0.15) is 0 Å². The molecule has 0 aliphatic heterocycles. The molecule has 2 aromatic carbocycles. The fourth-order valence-corrected chi connectivity index (χ4v) is 3.01. The van der Waals surface area contributed by atoms with Gasteiger partial charge in [-0.05, 0) is 42.5 Å². The van der Waals surface area contributed by atoms with Crippen molar-refractivity contribution >= 4 is 32.5 Å². The molecular weight excluding hydrogens is 316 g/mol. The molecule has 7 nitrogen and oxygen atoms in total. The number of carbonyl (C=O) groups is 1. The van der Waals surface area contributed by atoms with E-state index in [1.165, 1.54) is 24.3 Å². The summed E-state index contributed by atoms with van der Waals surface area (Å²) in [4.78, 5) is 17.3. The molecule has 0 saturated carbocycles. The minimum absolute atomic E-state index is 0.00635. The molecule has 0 saturated heterocycles. The molecule has 0 bridgehead atoms. The van der Waals surface area contributed by atoms with Gasteiger partial charge < -0.3 is 10.7 Å². The van der Waals surface area contributed by atoms with Crippen LogP contribution in [0.25, 0.3) is 10.9 Å². The Hall–Kier alpha value is -2.84. The molecule has 8 heteroatoms. The largest absolute Gasteiger partial charge is 0.399 e. The number of fused-ring (bicyclic) bond motifs is 1. The number of nitrogen functional groups attached to an aromatic ring is 1. The minimum atomic E-state index is -3.87. The van der Waals surface area contributed by atoms with Crippen molar-refractivity contribution in [3.8, 4) is 0 Å². The van der Waals surface area contributed by atoms with Gasteiger partial charge >= 0.3 is 0 Å². The normalized spacial score (nSPS) is 11.5. The highest BCUT2D eigenvalue weighted by molar-refractivity contribution is 7.89. The number of sulfonamides is 1. The van der Waals surface area contributed by atoms with Crippen molar-refractivity contribution < 1.29 is 13.2 Å². The van der Waals surface area contributed by atoms with Gasteiger partial charge in [-0.3, -0.25) is 10.2 Å². The Morgan fingerprint density at radius 2 is 1.78 bits per heavy atom. The van der Waals surface area contributed by atoms with E-state index in [1.807, 2.05) is 6.07 Å². The molecule has 3 rings (SSSR count). The number of anilines is 1. The molecule has 5 N–H and O–H groups in total. The van der Waals surface area contributed by atoms with Gasteiger partial charge in [0, 0.05) is 22.8 Å². The van der Waals surface area contributed by atoms with Gasteiger partial charge in [0.25, 0.3) is 15.9 Å². The summed E-state index contributed by atoms with van der Waals surface area (Å²) in [5.41, 5.74) is 9.34. The van der Waals surface area contributed by atoms with Crippen LogP contribution in [-0.4, -0.2) is 19.3 Å². The summed E-state index contributed by atoms with van der Waals surface area (Å²) in [6, 6.07) is 12.6. The number of nitrogens with two attached hydrogens (primary N) is 1. The third-order valence-corrected chi connectivity index (χ3v) is 4.59. The highest BCUT2D eigenvalue weighted by Gasteiger charge is 2.16. The van der Waals surface area contributed by atoms with Gasteiger partial charge in [0.05, 0.1) is 10.5 Å². The minimum Gasteiger partial charge on any atom is -0.399 e. The first-order valence-electron chi connectivity index (χ1n) is 6.71. The lowest BCUT2D eigenvalue weighted by Crippen LogP contribution is -2.41. The number of benzene rings is 2. The van der Waals surface area contributed by atoms with Crippen LogP contribution in [0.4, 0.5) is 5.69 Å². The van der Waals surface area contributed by atoms with E-state index in [0.717, 1.165) is 5.52 Å². The fraction of sp³-hybridized carbons (Fsp3) is 0. The van der Waals surface area contributed by atoms with Crippen LogP contribution >= 0.6 is 0 Å². The highest BCUT2D eigenvalue weighted by Crippen LogP contribution is 2.17. The van der Waals surface area contributed by atoms with E-state index in [4.69, 9.17) is 5.73 Å². The van der Waals surface area contributed by atoms with E-state index >= 15 is 0 Å². The van der Waals surface area contributed by atoms with Crippen molar-refractivity contribution in [1.29, 1.82) is 0 Å². The van der Waals surface area contributed by atoms with Gasteiger partial charge in [0.2, 0.25) is 0 Å². The number of aromatic amines is 1. The van der Waals surface area contributed by atoms with Crippen LogP contribution in [0.2, 0.25) is 0 Å². The SMILES string of the molecule is Nc1ccc(S(=O)(=O)NNC(=O)c2cccc3[nH]ccc23)cc1. The van der Waals surface area contributed by atoms with Crippen LogP contribution < -0.4 is 16.0 Å².